The monoisotopic (exact) mass is 388 g/mol. The van der Waals surface area contributed by atoms with Crippen molar-refractivity contribution in [2.45, 2.75) is 57.7 Å². The van der Waals surface area contributed by atoms with Gasteiger partial charge in [-0.2, -0.15) is 0 Å². The van der Waals surface area contributed by atoms with Crippen molar-refractivity contribution in [3.63, 3.8) is 0 Å². The van der Waals surface area contributed by atoms with E-state index in [-0.39, 0.29) is 5.41 Å². The van der Waals surface area contributed by atoms with Crippen LogP contribution in [0.1, 0.15) is 44.6 Å². The fourth-order valence-corrected chi connectivity index (χ4v) is 5.59. The first-order valence-electron chi connectivity index (χ1n) is 11.1. The maximum Gasteiger partial charge on any atom is 0.123 e. The highest BCUT2D eigenvalue weighted by Crippen LogP contribution is 2.52. The molecule has 156 valence electrons. The number of aliphatic hydroxyl groups is 1. The Morgan fingerprint density at radius 1 is 1.21 bits per heavy atom. The molecule has 1 aromatic rings. The summed E-state index contributed by atoms with van der Waals surface area (Å²) in [6, 6.07) is 9.65. The van der Waals surface area contributed by atoms with E-state index in [0.29, 0.717) is 18.7 Å². The van der Waals surface area contributed by atoms with Gasteiger partial charge in [-0.05, 0) is 38.2 Å². The van der Waals surface area contributed by atoms with Crippen LogP contribution in [0.3, 0.4) is 0 Å². The molecule has 28 heavy (non-hydrogen) atoms. The Bertz CT molecular complexity index is 628. The van der Waals surface area contributed by atoms with E-state index in [2.05, 4.69) is 41.0 Å². The molecule has 0 radical (unpaired) electrons. The van der Waals surface area contributed by atoms with E-state index in [1.807, 2.05) is 0 Å². The van der Waals surface area contributed by atoms with Crippen molar-refractivity contribution in [2.75, 3.05) is 46.1 Å². The molecule has 1 N–H and O–H groups in total. The number of benzene rings is 1. The van der Waals surface area contributed by atoms with Gasteiger partial charge in [0.05, 0.1) is 26.4 Å². The van der Waals surface area contributed by atoms with Crippen LogP contribution >= 0.6 is 0 Å². The lowest BCUT2D eigenvalue weighted by Crippen LogP contribution is -2.39. The molecule has 5 nitrogen and oxygen atoms in total. The predicted molar refractivity (Wildman–Crippen MR) is 111 cm³/mol. The summed E-state index contributed by atoms with van der Waals surface area (Å²) in [5, 5.41) is 10.1. The Balaban J connectivity index is 1.33. The summed E-state index contributed by atoms with van der Waals surface area (Å²) in [5.74, 6) is 1.03. The molecular formula is C23H36N2O3. The van der Waals surface area contributed by atoms with E-state index in [1.54, 1.807) is 0 Å². The average Bonchev–Trinajstić information content (AvgIpc) is 3.28. The quantitative estimate of drug-likeness (QED) is 0.659. The zero-order valence-corrected chi connectivity index (χ0v) is 17.3. The van der Waals surface area contributed by atoms with Gasteiger partial charge in [-0.15, -0.1) is 0 Å². The van der Waals surface area contributed by atoms with E-state index in [0.717, 1.165) is 71.0 Å². The van der Waals surface area contributed by atoms with Crippen molar-refractivity contribution >= 4 is 0 Å². The Morgan fingerprint density at radius 2 is 2.04 bits per heavy atom. The third-order valence-corrected chi connectivity index (χ3v) is 7.32. The molecule has 0 amide bonds. The second-order valence-electron chi connectivity index (χ2n) is 8.76. The van der Waals surface area contributed by atoms with E-state index in [1.165, 1.54) is 18.4 Å². The van der Waals surface area contributed by atoms with Gasteiger partial charge in [-0.25, -0.2) is 0 Å². The van der Waals surface area contributed by atoms with Gasteiger partial charge < -0.3 is 14.6 Å². The minimum atomic E-state index is 0.108. The zero-order chi connectivity index (χ0) is 19.4. The number of fused-ring (bicyclic) bond motifs is 2. The lowest BCUT2D eigenvalue weighted by molar-refractivity contribution is 0.0357. The summed E-state index contributed by atoms with van der Waals surface area (Å²) in [4.78, 5) is 5.11. The second-order valence-corrected chi connectivity index (χ2v) is 8.76. The van der Waals surface area contributed by atoms with Crippen LogP contribution in [0.4, 0.5) is 0 Å². The SMILES string of the molecule is CC[C@@]1(CO)C[C@@H]2CC[C@H]1N2Cc1ccccc1OCCCN1CCOCC1. The average molecular weight is 389 g/mol. The van der Waals surface area contributed by atoms with Crippen LogP contribution in [0, 0.1) is 5.41 Å². The molecular weight excluding hydrogens is 352 g/mol. The van der Waals surface area contributed by atoms with Crippen molar-refractivity contribution in [3.05, 3.63) is 29.8 Å². The number of para-hydroxylation sites is 1. The Hall–Kier alpha value is -1.14. The van der Waals surface area contributed by atoms with Crippen molar-refractivity contribution in [3.8, 4) is 5.75 Å². The fraction of sp³-hybridized carbons (Fsp3) is 0.739. The lowest BCUT2D eigenvalue weighted by Gasteiger charge is -2.35. The smallest absolute Gasteiger partial charge is 0.123 e. The molecule has 3 saturated heterocycles. The molecule has 3 aliphatic rings. The summed E-state index contributed by atoms with van der Waals surface area (Å²) in [6.07, 6.45) is 5.76. The molecule has 3 aliphatic heterocycles. The summed E-state index contributed by atoms with van der Waals surface area (Å²) in [5.41, 5.74) is 1.40. The second kappa shape index (κ2) is 9.12. The van der Waals surface area contributed by atoms with Gasteiger partial charge in [0.25, 0.3) is 0 Å². The molecule has 0 aliphatic carbocycles. The molecule has 1 aromatic carbocycles. The number of rotatable bonds is 9. The van der Waals surface area contributed by atoms with E-state index >= 15 is 0 Å². The van der Waals surface area contributed by atoms with Gasteiger partial charge in [0.2, 0.25) is 0 Å². The summed E-state index contributed by atoms with van der Waals surface area (Å²) >= 11 is 0. The maximum absolute atomic E-state index is 10.1. The standard InChI is InChI=1S/C23H36N2O3/c1-2-23(18-26)16-20-8-9-22(23)25(20)17-19-6-3-4-7-21(19)28-13-5-10-24-11-14-27-15-12-24/h3-4,6-7,20,22,26H,2,5,8-18H2,1H3/t20-,22+,23-/m0/s1. The summed E-state index contributed by atoms with van der Waals surface area (Å²) in [6.45, 7) is 9.13. The number of nitrogens with zero attached hydrogens (tertiary/aromatic N) is 2. The summed E-state index contributed by atoms with van der Waals surface area (Å²) in [7, 11) is 0. The van der Waals surface area contributed by atoms with Crippen LogP contribution in [0.15, 0.2) is 24.3 Å². The Kier molecular flexibility index (Phi) is 6.56. The van der Waals surface area contributed by atoms with Gasteiger partial charge in [-0.1, -0.05) is 25.1 Å². The van der Waals surface area contributed by atoms with Gasteiger partial charge in [-0.3, -0.25) is 9.80 Å². The van der Waals surface area contributed by atoms with Crippen LogP contribution in [0.5, 0.6) is 5.75 Å². The third-order valence-electron chi connectivity index (χ3n) is 7.32. The van der Waals surface area contributed by atoms with Crippen LogP contribution < -0.4 is 4.74 Å². The molecule has 5 heteroatoms. The van der Waals surface area contributed by atoms with Gasteiger partial charge in [0.1, 0.15) is 5.75 Å². The highest BCUT2D eigenvalue weighted by molar-refractivity contribution is 5.33. The topological polar surface area (TPSA) is 45.2 Å². The molecule has 0 aromatic heterocycles. The minimum absolute atomic E-state index is 0.108. The lowest BCUT2D eigenvalue weighted by atomic mass is 9.72. The van der Waals surface area contributed by atoms with Crippen LogP contribution in [-0.4, -0.2) is 73.1 Å². The molecule has 3 heterocycles. The number of ether oxygens (including phenoxy) is 2. The fourth-order valence-electron chi connectivity index (χ4n) is 5.59. The van der Waals surface area contributed by atoms with Crippen LogP contribution in [0.25, 0.3) is 0 Å². The molecule has 3 fully saturated rings. The molecule has 2 bridgehead atoms. The first kappa shape index (κ1) is 20.1. The van der Waals surface area contributed by atoms with E-state index < -0.39 is 0 Å². The van der Waals surface area contributed by atoms with E-state index in [9.17, 15) is 5.11 Å². The minimum Gasteiger partial charge on any atom is -0.493 e. The third kappa shape index (κ3) is 4.09. The predicted octanol–water partition coefficient (Wildman–Crippen LogP) is 2.91. The Morgan fingerprint density at radius 3 is 2.79 bits per heavy atom. The van der Waals surface area contributed by atoms with Crippen molar-refractivity contribution in [1.82, 2.24) is 9.80 Å². The van der Waals surface area contributed by atoms with Gasteiger partial charge in [0, 0.05) is 49.2 Å². The van der Waals surface area contributed by atoms with Gasteiger partial charge >= 0.3 is 0 Å². The molecule has 0 unspecified atom stereocenters. The highest BCUT2D eigenvalue weighted by atomic mass is 16.5. The zero-order valence-electron chi connectivity index (χ0n) is 17.3. The van der Waals surface area contributed by atoms with Crippen molar-refractivity contribution < 1.29 is 14.6 Å². The van der Waals surface area contributed by atoms with Crippen LogP contribution in [0.2, 0.25) is 0 Å². The largest absolute Gasteiger partial charge is 0.493 e. The number of hydrogen-bond donors (Lipinski definition) is 1. The summed E-state index contributed by atoms with van der Waals surface area (Å²) < 4.78 is 11.6. The van der Waals surface area contributed by atoms with Crippen molar-refractivity contribution in [1.29, 1.82) is 0 Å². The normalized spacial score (nSPS) is 30.8. The number of morpholine rings is 1. The van der Waals surface area contributed by atoms with E-state index in [4.69, 9.17) is 9.47 Å². The number of aliphatic hydroxyl groups excluding tert-OH is 1. The highest BCUT2D eigenvalue weighted by Gasteiger charge is 2.54. The van der Waals surface area contributed by atoms with Crippen molar-refractivity contribution in [2.24, 2.45) is 5.41 Å². The molecule has 0 saturated carbocycles. The first-order valence-corrected chi connectivity index (χ1v) is 11.1. The van der Waals surface area contributed by atoms with Crippen LogP contribution in [-0.2, 0) is 11.3 Å². The Labute approximate surface area is 169 Å². The molecule has 0 spiro atoms. The van der Waals surface area contributed by atoms with Gasteiger partial charge in [0.15, 0.2) is 0 Å². The number of hydrogen-bond acceptors (Lipinski definition) is 5. The molecule has 4 rings (SSSR count). The molecule has 3 atom stereocenters. The first-order chi connectivity index (χ1) is 13.8. The maximum atomic E-state index is 10.1.